The second-order valence-corrected chi connectivity index (χ2v) is 1.80. The van der Waals surface area contributed by atoms with Gasteiger partial charge in [0.25, 0.3) is 0 Å². The van der Waals surface area contributed by atoms with E-state index in [0.29, 0.717) is 0 Å². The number of rotatable bonds is 1. The Morgan fingerprint density at radius 2 is 1.69 bits per heavy atom. The van der Waals surface area contributed by atoms with Gasteiger partial charge in [0.1, 0.15) is 0 Å². The molecule has 2 N–H and O–H groups in total. The Hall–Kier alpha value is 0.700. The molecule has 0 aromatic heterocycles. The van der Waals surface area contributed by atoms with Gasteiger partial charge in [-0.3, -0.25) is 0 Å². The fourth-order valence-corrected chi connectivity index (χ4v) is 0.361. The SMILES string of the molecule is C#CC(=O)O.O=C(O)/C=C\I.[I-].[Na+]. The minimum absolute atomic E-state index is 0. The number of halogens is 2. The molecule has 4 nitrogen and oxygen atoms in total. The summed E-state index contributed by atoms with van der Waals surface area (Å²) in [6, 6.07) is 0. The van der Waals surface area contributed by atoms with Crippen molar-refractivity contribution in [2.45, 2.75) is 0 Å². The van der Waals surface area contributed by atoms with Crippen molar-refractivity contribution in [3.8, 4) is 12.3 Å². The van der Waals surface area contributed by atoms with Crippen LogP contribution < -0.4 is 53.5 Å². The molecule has 0 radical (unpaired) electrons. The van der Waals surface area contributed by atoms with E-state index in [4.69, 9.17) is 15.0 Å². The molecule has 0 unspecified atom stereocenters. The Bertz CT molecular complexity index is 209. The maximum atomic E-state index is 9.51. The molecular weight excluding hydrogens is 413 g/mol. The first-order valence-corrected chi connectivity index (χ1v) is 3.48. The van der Waals surface area contributed by atoms with Gasteiger partial charge in [-0.25, -0.2) is 9.59 Å². The van der Waals surface area contributed by atoms with Gasteiger partial charge in [-0.15, -0.1) is 6.42 Å². The second-order valence-electron chi connectivity index (χ2n) is 1.08. The van der Waals surface area contributed by atoms with Crippen molar-refractivity contribution in [3.63, 3.8) is 0 Å². The molecule has 0 heterocycles. The molecule has 13 heavy (non-hydrogen) atoms. The van der Waals surface area contributed by atoms with Crippen LogP contribution >= 0.6 is 22.6 Å². The van der Waals surface area contributed by atoms with E-state index in [-0.39, 0.29) is 53.5 Å². The summed E-state index contributed by atoms with van der Waals surface area (Å²) in [7, 11) is 0. The quantitative estimate of drug-likeness (QED) is 0.193. The van der Waals surface area contributed by atoms with E-state index >= 15 is 0 Å². The van der Waals surface area contributed by atoms with Crippen LogP contribution in [0.3, 0.4) is 0 Å². The molecule has 0 aromatic carbocycles. The third kappa shape index (κ3) is 44.8. The average molecular weight is 418 g/mol. The summed E-state index contributed by atoms with van der Waals surface area (Å²) in [6.07, 6.45) is 5.39. The zero-order valence-electron chi connectivity index (χ0n) is 6.70. The molecule has 0 saturated carbocycles. The predicted molar refractivity (Wildman–Crippen MR) is 47.3 cm³/mol. The van der Waals surface area contributed by atoms with E-state index in [1.807, 2.05) is 22.6 Å². The van der Waals surface area contributed by atoms with Crippen molar-refractivity contribution in [2.24, 2.45) is 0 Å². The fourth-order valence-electron chi connectivity index (χ4n) is 0.0539. The molecule has 0 aliphatic heterocycles. The number of hydrogen-bond donors (Lipinski definition) is 2. The molecule has 0 spiro atoms. The van der Waals surface area contributed by atoms with Gasteiger partial charge in [-0.1, -0.05) is 22.6 Å². The summed E-state index contributed by atoms with van der Waals surface area (Å²) < 4.78 is 1.44. The largest absolute Gasteiger partial charge is 1.00 e. The molecule has 0 rings (SSSR count). The van der Waals surface area contributed by atoms with E-state index in [2.05, 4.69) is 6.42 Å². The van der Waals surface area contributed by atoms with Crippen LogP contribution in [-0.4, -0.2) is 22.2 Å². The Labute approximate surface area is 129 Å². The number of aliphatic carboxylic acids is 2. The number of hydrogen-bond acceptors (Lipinski definition) is 2. The molecule has 68 valence electrons. The van der Waals surface area contributed by atoms with Crippen molar-refractivity contribution >= 4 is 34.5 Å². The van der Waals surface area contributed by atoms with Gasteiger partial charge in [0, 0.05) is 12.0 Å². The monoisotopic (exact) mass is 418 g/mol. The molecule has 0 atom stereocenters. The Morgan fingerprint density at radius 1 is 1.38 bits per heavy atom. The molecule has 0 saturated heterocycles. The standard InChI is InChI=1S/C3H3IO2.C3H2O2.HI.Na/c4-2-1-3(5)6;1-2-3(4)5;;/h1-2H,(H,5,6);1H,(H,4,5);1H;/q;;;+1/p-1/b2-1-;;;. The van der Waals surface area contributed by atoms with Gasteiger partial charge in [0.15, 0.2) is 0 Å². The van der Waals surface area contributed by atoms with Gasteiger partial charge in [0.2, 0.25) is 0 Å². The summed E-state index contributed by atoms with van der Waals surface area (Å²) in [4.78, 5) is 18.6. The maximum Gasteiger partial charge on any atom is 1.00 e. The minimum atomic E-state index is -1.22. The normalized spacial score (nSPS) is 6.46. The molecular formula is C6H5I2NaO4. The van der Waals surface area contributed by atoms with Gasteiger partial charge in [-0.2, -0.15) is 0 Å². The van der Waals surface area contributed by atoms with Gasteiger partial charge in [-0.05, 0) is 4.08 Å². The van der Waals surface area contributed by atoms with Crippen LogP contribution in [0.1, 0.15) is 0 Å². The zero-order chi connectivity index (χ0) is 9.28. The number of carbonyl (C=O) groups is 2. The third-order valence-corrected chi connectivity index (χ3v) is 0.689. The third-order valence-electron chi connectivity index (χ3n) is 0.329. The van der Waals surface area contributed by atoms with Gasteiger partial charge >= 0.3 is 41.5 Å². The fraction of sp³-hybridized carbons (Fsp3) is 0. The van der Waals surface area contributed by atoms with Crippen molar-refractivity contribution < 1.29 is 73.3 Å². The van der Waals surface area contributed by atoms with Gasteiger partial charge in [0.05, 0.1) is 0 Å². The first-order valence-electron chi connectivity index (χ1n) is 2.23. The topological polar surface area (TPSA) is 74.6 Å². The van der Waals surface area contributed by atoms with Crippen LogP contribution in [-0.2, 0) is 9.59 Å². The summed E-state index contributed by atoms with van der Waals surface area (Å²) in [5.74, 6) is -0.672. The van der Waals surface area contributed by atoms with Crippen molar-refractivity contribution in [1.29, 1.82) is 0 Å². The maximum absolute atomic E-state index is 9.51. The van der Waals surface area contributed by atoms with Crippen molar-refractivity contribution in [3.05, 3.63) is 10.2 Å². The van der Waals surface area contributed by atoms with Crippen molar-refractivity contribution in [2.75, 3.05) is 0 Å². The van der Waals surface area contributed by atoms with Crippen LogP contribution in [0.25, 0.3) is 0 Å². The number of carboxylic acids is 2. The Morgan fingerprint density at radius 3 is 1.69 bits per heavy atom. The zero-order valence-corrected chi connectivity index (χ0v) is 13.0. The Balaban J connectivity index is -0.0000000546. The molecule has 0 fully saturated rings. The Kier molecular flexibility index (Phi) is 33.4. The van der Waals surface area contributed by atoms with E-state index in [1.54, 1.807) is 0 Å². The molecule has 7 heteroatoms. The second kappa shape index (κ2) is 18.5. The average Bonchev–Trinajstić information content (AvgIpc) is 1.89. The first-order chi connectivity index (χ1) is 5.04. The van der Waals surface area contributed by atoms with Crippen LogP contribution in [0.4, 0.5) is 0 Å². The summed E-state index contributed by atoms with van der Waals surface area (Å²) in [5, 5.41) is 15.3. The molecule has 0 aliphatic carbocycles. The summed E-state index contributed by atoms with van der Waals surface area (Å²) >= 11 is 1.84. The smallest absolute Gasteiger partial charge is 1.00 e. The summed E-state index contributed by atoms with van der Waals surface area (Å²) in [5.41, 5.74) is 0. The van der Waals surface area contributed by atoms with Crippen LogP contribution in [0, 0.1) is 12.3 Å². The number of terminal acetylenes is 1. The first kappa shape index (κ1) is 23.5. The van der Waals surface area contributed by atoms with Crippen molar-refractivity contribution in [1.82, 2.24) is 0 Å². The molecule has 0 aliphatic rings. The summed E-state index contributed by atoms with van der Waals surface area (Å²) in [6.45, 7) is 0. The van der Waals surface area contributed by atoms with Gasteiger partial charge < -0.3 is 34.2 Å². The molecule has 0 aromatic rings. The van der Waals surface area contributed by atoms with E-state index in [9.17, 15) is 4.79 Å². The van der Waals surface area contributed by atoms with E-state index < -0.39 is 11.9 Å². The van der Waals surface area contributed by atoms with E-state index in [1.165, 1.54) is 10.0 Å². The predicted octanol–water partition coefficient (Wildman–Crippen LogP) is -5.27. The van der Waals surface area contributed by atoms with Crippen LogP contribution in [0.5, 0.6) is 0 Å². The van der Waals surface area contributed by atoms with Crippen LogP contribution in [0.2, 0.25) is 0 Å². The molecule has 0 bridgehead atoms. The minimum Gasteiger partial charge on any atom is -1.00 e. The molecule has 0 amide bonds. The number of carboxylic acid groups (broad SMARTS) is 2. The van der Waals surface area contributed by atoms with Crippen LogP contribution in [0.15, 0.2) is 10.2 Å². The van der Waals surface area contributed by atoms with E-state index in [0.717, 1.165) is 6.08 Å².